The molecule has 0 aromatic heterocycles. The summed E-state index contributed by atoms with van der Waals surface area (Å²) in [5.41, 5.74) is 0. The molecule has 49 valence electrons. The van der Waals surface area contributed by atoms with Crippen molar-refractivity contribution in [2.45, 2.75) is 27.7 Å². The molecule has 0 saturated carbocycles. The Bertz CT molecular complexity index is 33.7. The van der Waals surface area contributed by atoms with Crippen LogP contribution >= 0.6 is 0 Å². The maximum atomic E-state index is 2.33. The van der Waals surface area contributed by atoms with Gasteiger partial charge in [-0.2, -0.15) is 0 Å². The Morgan fingerprint density at radius 3 is 1.12 bits per heavy atom. The molecule has 0 heterocycles. The van der Waals surface area contributed by atoms with Crippen LogP contribution in [0.25, 0.3) is 0 Å². The average molecular weight is 220 g/mol. The number of hydrogen-bond donors (Lipinski definition) is 0. The molecule has 0 aliphatic rings. The van der Waals surface area contributed by atoms with Crippen LogP contribution in [0.1, 0.15) is 27.7 Å². The van der Waals surface area contributed by atoms with E-state index in [-0.39, 0.29) is 23.9 Å². The molecule has 3 radical (unpaired) electrons. The van der Waals surface area contributed by atoms with Gasteiger partial charge in [-0.25, -0.2) is 0 Å². The molecule has 0 aromatic carbocycles. The first-order chi connectivity index (χ1) is 3.13. The van der Waals surface area contributed by atoms with Gasteiger partial charge in [0.05, 0.1) is 0 Å². The second kappa shape index (κ2) is 5.93. The fourth-order valence-corrected chi connectivity index (χ4v) is 0.770. The van der Waals surface area contributed by atoms with Crippen LogP contribution in [-0.4, -0.2) is 23.9 Å². The monoisotopic (exact) mass is 221 g/mol. The van der Waals surface area contributed by atoms with Gasteiger partial charge in [0.2, 0.25) is 0 Å². The van der Waals surface area contributed by atoms with E-state index in [9.17, 15) is 0 Å². The quantitative estimate of drug-likeness (QED) is 0.619. The Balaban J connectivity index is 0. The molecule has 0 unspecified atom stereocenters. The van der Waals surface area contributed by atoms with Crippen molar-refractivity contribution in [2.75, 3.05) is 0 Å². The summed E-state index contributed by atoms with van der Waals surface area (Å²) in [6.45, 7) is 8.83. The molecule has 0 rings (SSSR count). The summed E-state index contributed by atoms with van der Waals surface area (Å²) in [6.07, 6.45) is 2.33. The van der Waals surface area contributed by atoms with Crippen molar-refractivity contribution < 1.29 is 0 Å². The molecular weight excluding hydrogens is 203 g/mol. The Labute approximate surface area is 70.0 Å². The number of hydrogen-bond acceptors (Lipinski definition) is 0. The van der Waals surface area contributed by atoms with Gasteiger partial charge in [0.25, 0.3) is 0 Å². The van der Waals surface area contributed by atoms with Crippen LogP contribution in [0.2, 0.25) is 0 Å². The van der Waals surface area contributed by atoms with E-state index in [0.717, 1.165) is 11.8 Å². The van der Waals surface area contributed by atoms with Crippen molar-refractivity contribution in [1.29, 1.82) is 0 Å². The van der Waals surface area contributed by atoms with E-state index in [1.165, 1.54) is 0 Å². The van der Waals surface area contributed by atoms with Crippen molar-refractivity contribution in [3.05, 3.63) is 6.42 Å². The molecule has 8 heavy (non-hydrogen) atoms. The van der Waals surface area contributed by atoms with E-state index >= 15 is 0 Å². The van der Waals surface area contributed by atoms with Crippen LogP contribution in [0.4, 0.5) is 0 Å². The molecule has 0 bridgehead atoms. The third-order valence-electron chi connectivity index (χ3n) is 0.770. The van der Waals surface area contributed by atoms with Crippen LogP contribution in [0.15, 0.2) is 0 Å². The summed E-state index contributed by atoms with van der Waals surface area (Å²) in [4.78, 5) is 0. The van der Waals surface area contributed by atoms with Crippen molar-refractivity contribution in [2.24, 2.45) is 11.8 Å². The standard InChI is InChI=1S/C7H15.Sn.2H/c1-6(2)5-7(3)4;;;/h5-7H,1-4H3;;;. The first-order valence-corrected chi connectivity index (χ1v) is 2.98. The molecule has 1 heteroatoms. The van der Waals surface area contributed by atoms with Crippen LogP contribution in [0.3, 0.4) is 0 Å². The fraction of sp³-hybridized carbons (Fsp3) is 0.857. The second-order valence-electron chi connectivity index (χ2n) is 2.68. The van der Waals surface area contributed by atoms with Gasteiger partial charge >= 0.3 is 23.9 Å². The van der Waals surface area contributed by atoms with Crippen LogP contribution in [0.5, 0.6) is 0 Å². The Hall–Kier alpha value is 0.799. The predicted octanol–water partition coefficient (Wildman–Crippen LogP) is 1.59. The van der Waals surface area contributed by atoms with Crippen molar-refractivity contribution in [3.8, 4) is 0 Å². The molecule has 0 aliphatic heterocycles. The normalized spacial score (nSPS) is 9.75. The summed E-state index contributed by atoms with van der Waals surface area (Å²) >= 11 is 0. The second-order valence-corrected chi connectivity index (χ2v) is 2.68. The molecule has 0 aliphatic carbocycles. The van der Waals surface area contributed by atoms with Crippen LogP contribution in [0, 0.1) is 18.3 Å². The van der Waals surface area contributed by atoms with Crippen LogP contribution < -0.4 is 0 Å². The first-order valence-electron chi connectivity index (χ1n) is 2.98. The zero-order valence-corrected chi connectivity index (χ0v) is 10.5. The van der Waals surface area contributed by atoms with Gasteiger partial charge in [-0.05, 0) is 18.3 Å². The summed E-state index contributed by atoms with van der Waals surface area (Å²) in [7, 11) is 0. The molecule has 0 saturated heterocycles. The van der Waals surface area contributed by atoms with Crippen molar-refractivity contribution in [3.63, 3.8) is 0 Å². The molecule has 0 aromatic rings. The van der Waals surface area contributed by atoms with E-state index in [1.807, 2.05) is 0 Å². The van der Waals surface area contributed by atoms with Gasteiger partial charge in [0.1, 0.15) is 0 Å². The van der Waals surface area contributed by atoms with Crippen molar-refractivity contribution >= 4 is 23.9 Å². The summed E-state index contributed by atoms with van der Waals surface area (Å²) in [5, 5.41) is 0. The molecule has 0 atom stereocenters. The molecule has 0 fully saturated rings. The molecule has 0 amide bonds. The van der Waals surface area contributed by atoms with Gasteiger partial charge in [0.15, 0.2) is 0 Å². The van der Waals surface area contributed by atoms with Gasteiger partial charge < -0.3 is 0 Å². The minimum atomic E-state index is 0. The Morgan fingerprint density at radius 1 is 0.875 bits per heavy atom. The Kier molecular flexibility index (Phi) is 8.58. The van der Waals surface area contributed by atoms with E-state index < -0.39 is 0 Å². The summed E-state index contributed by atoms with van der Waals surface area (Å²) in [5.74, 6) is 1.50. The zero-order valence-electron chi connectivity index (χ0n) is 6.44. The third kappa shape index (κ3) is 9.93. The van der Waals surface area contributed by atoms with Crippen molar-refractivity contribution in [1.82, 2.24) is 0 Å². The SMILES string of the molecule is CC(C)[CH]C(C)C.[SnH2]. The maximum absolute atomic E-state index is 2.33. The third-order valence-corrected chi connectivity index (χ3v) is 0.770. The van der Waals surface area contributed by atoms with E-state index in [0.29, 0.717) is 0 Å². The molecular formula is C7H17Sn. The molecule has 0 nitrogen and oxygen atoms in total. The molecule has 0 spiro atoms. The minimum absolute atomic E-state index is 0. The van der Waals surface area contributed by atoms with Gasteiger partial charge in [-0.1, -0.05) is 27.7 Å². The van der Waals surface area contributed by atoms with Crippen LogP contribution in [-0.2, 0) is 0 Å². The number of rotatable bonds is 2. The predicted molar refractivity (Wildman–Crippen MR) is 42.5 cm³/mol. The molecule has 0 N–H and O–H groups in total. The summed E-state index contributed by atoms with van der Waals surface area (Å²) < 4.78 is 0. The Morgan fingerprint density at radius 2 is 1.12 bits per heavy atom. The van der Waals surface area contributed by atoms with E-state index in [1.54, 1.807) is 0 Å². The van der Waals surface area contributed by atoms with Gasteiger partial charge in [-0.3, -0.25) is 0 Å². The van der Waals surface area contributed by atoms with Gasteiger partial charge in [-0.15, -0.1) is 0 Å². The van der Waals surface area contributed by atoms with Gasteiger partial charge in [0, 0.05) is 0 Å². The zero-order chi connectivity index (χ0) is 5.86. The first kappa shape index (κ1) is 11.6. The summed E-state index contributed by atoms with van der Waals surface area (Å²) in [6, 6.07) is 0. The van der Waals surface area contributed by atoms with E-state index in [2.05, 4.69) is 34.1 Å². The fourth-order valence-electron chi connectivity index (χ4n) is 0.770. The average Bonchev–Trinajstić information content (AvgIpc) is 1.27. The topological polar surface area (TPSA) is 0 Å². The van der Waals surface area contributed by atoms with E-state index in [4.69, 9.17) is 0 Å².